The van der Waals surface area contributed by atoms with Crippen LogP contribution in [0.5, 0.6) is 0 Å². The molecule has 2 unspecified atom stereocenters. The molecule has 0 spiro atoms. The fourth-order valence-corrected chi connectivity index (χ4v) is 5.04. The Morgan fingerprint density at radius 1 is 0.698 bits per heavy atom. The van der Waals surface area contributed by atoms with E-state index in [1.807, 2.05) is 12.1 Å². The molecule has 8 heteroatoms. The van der Waals surface area contributed by atoms with Gasteiger partial charge < -0.3 is 25.0 Å². The highest BCUT2D eigenvalue weighted by atomic mass is 16.6. The lowest BCUT2D eigenvalue weighted by Gasteiger charge is -2.23. The monoisotopic (exact) mass is 591 g/mol. The van der Waals surface area contributed by atoms with Gasteiger partial charge in [-0.05, 0) is 85.4 Å². The summed E-state index contributed by atoms with van der Waals surface area (Å²) in [5.74, 6) is -3.37. The van der Waals surface area contributed by atoms with Gasteiger partial charge in [0.1, 0.15) is 6.61 Å². The zero-order chi connectivity index (χ0) is 31.0. The van der Waals surface area contributed by atoms with E-state index in [0.29, 0.717) is 13.0 Å². The van der Waals surface area contributed by atoms with Gasteiger partial charge in [-0.15, -0.1) is 0 Å². The fourth-order valence-electron chi connectivity index (χ4n) is 5.04. The summed E-state index contributed by atoms with van der Waals surface area (Å²) in [5, 5.41) is 23.8. The summed E-state index contributed by atoms with van der Waals surface area (Å²) in [7, 11) is 0. The van der Waals surface area contributed by atoms with Gasteiger partial charge in [0, 0.05) is 13.2 Å². The van der Waals surface area contributed by atoms with Crippen LogP contribution in [0.2, 0.25) is 0 Å². The van der Waals surface area contributed by atoms with Crippen molar-refractivity contribution < 1.29 is 34.1 Å². The summed E-state index contributed by atoms with van der Waals surface area (Å²) < 4.78 is 10.8. The number of nitrogens with one attached hydrogen (secondary N) is 1. The predicted molar refractivity (Wildman–Crippen MR) is 167 cm³/mol. The first-order valence-electron chi connectivity index (χ1n) is 15.2. The number of unbranched alkanes of at least 4 members (excludes halogenated alkanes) is 5. The Kier molecular flexibility index (Phi) is 14.2. The van der Waals surface area contributed by atoms with Crippen LogP contribution < -0.4 is 5.32 Å². The molecule has 3 N–H and O–H groups in total. The number of amides is 1. The second-order valence-electron chi connectivity index (χ2n) is 11.1. The average Bonchev–Trinajstić information content (AvgIpc) is 2.98. The third-order valence-electron chi connectivity index (χ3n) is 7.65. The van der Waals surface area contributed by atoms with Gasteiger partial charge in [-0.1, -0.05) is 79.9 Å². The first-order chi connectivity index (χ1) is 20.7. The van der Waals surface area contributed by atoms with Crippen LogP contribution >= 0.6 is 0 Å². The average molecular weight is 592 g/mol. The maximum absolute atomic E-state index is 13.0. The van der Waals surface area contributed by atoms with Crippen molar-refractivity contribution in [3.63, 3.8) is 0 Å². The maximum atomic E-state index is 13.0. The minimum Gasteiger partial charge on any atom is -0.480 e. The number of rotatable bonds is 20. The van der Waals surface area contributed by atoms with Gasteiger partial charge in [-0.3, -0.25) is 4.79 Å². The molecule has 232 valence electrons. The number of aryl methyl sites for hydroxylation is 4. The molecule has 0 bridgehead atoms. The molecule has 0 aromatic heterocycles. The summed E-state index contributed by atoms with van der Waals surface area (Å²) in [6.07, 6.45) is 4.84. The van der Waals surface area contributed by atoms with Crippen molar-refractivity contribution in [1.29, 1.82) is 0 Å². The molecule has 0 heterocycles. The zero-order valence-electron chi connectivity index (χ0n) is 25.3. The van der Waals surface area contributed by atoms with Crippen LogP contribution in [0.15, 0.2) is 60.7 Å². The fraction of sp³-hybridized carbons (Fsp3) is 0.457. The molecule has 3 aromatic rings. The second-order valence-corrected chi connectivity index (χ2v) is 11.1. The molecule has 3 rings (SSSR count). The van der Waals surface area contributed by atoms with Crippen molar-refractivity contribution in [3.05, 3.63) is 82.9 Å². The number of carboxylic acids is 2. The minimum atomic E-state index is -1.71. The molecule has 0 radical (unpaired) electrons. The highest BCUT2D eigenvalue weighted by molar-refractivity contribution is 5.88. The zero-order valence-corrected chi connectivity index (χ0v) is 25.3. The molecule has 0 aliphatic rings. The lowest BCUT2D eigenvalue weighted by Crippen LogP contribution is -2.49. The summed E-state index contributed by atoms with van der Waals surface area (Å²) in [6, 6.07) is 21.2. The Morgan fingerprint density at radius 3 is 2.05 bits per heavy atom. The third-order valence-corrected chi connectivity index (χ3v) is 7.65. The van der Waals surface area contributed by atoms with Gasteiger partial charge in [0.15, 0.2) is 12.2 Å². The van der Waals surface area contributed by atoms with Crippen LogP contribution in [-0.4, -0.2) is 60.0 Å². The van der Waals surface area contributed by atoms with E-state index in [9.17, 15) is 19.5 Å². The Bertz CT molecular complexity index is 1340. The van der Waals surface area contributed by atoms with Crippen molar-refractivity contribution in [1.82, 2.24) is 5.32 Å². The van der Waals surface area contributed by atoms with Crippen LogP contribution in [-0.2, 0) is 36.7 Å². The van der Waals surface area contributed by atoms with Crippen LogP contribution in [0.1, 0.15) is 67.2 Å². The van der Waals surface area contributed by atoms with Gasteiger partial charge in [-0.25, -0.2) is 9.59 Å². The lowest BCUT2D eigenvalue weighted by atomic mass is 10.0. The molecule has 2 atom stereocenters. The summed E-state index contributed by atoms with van der Waals surface area (Å²) in [6.45, 7) is 3.91. The van der Waals surface area contributed by atoms with E-state index in [0.717, 1.165) is 51.4 Å². The molecule has 0 fully saturated rings. The topological polar surface area (TPSA) is 122 Å². The van der Waals surface area contributed by atoms with E-state index in [4.69, 9.17) is 14.6 Å². The van der Waals surface area contributed by atoms with Gasteiger partial charge in [0.25, 0.3) is 5.91 Å². The van der Waals surface area contributed by atoms with E-state index in [1.54, 1.807) is 0 Å². The van der Waals surface area contributed by atoms with Crippen LogP contribution in [0.25, 0.3) is 10.8 Å². The van der Waals surface area contributed by atoms with E-state index < -0.39 is 36.7 Å². The number of fused-ring (bicyclic) bond motifs is 1. The highest BCUT2D eigenvalue weighted by Crippen LogP contribution is 2.18. The van der Waals surface area contributed by atoms with E-state index in [2.05, 4.69) is 67.7 Å². The largest absolute Gasteiger partial charge is 0.480 e. The van der Waals surface area contributed by atoms with Gasteiger partial charge >= 0.3 is 11.9 Å². The number of carbonyl (C=O) groups is 3. The predicted octanol–water partition coefficient (Wildman–Crippen LogP) is 6.03. The molecule has 0 aliphatic heterocycles. The van der Waals surface area contributed by atoms with Crippen LogP contribution in [0.4, 0.5) is 0 Å². The molecular formula is C35H45NO7. The quantitative estimate of drug-likeness (QED) is 0.137. The molecule has 43 heavy (non-hydrogen) atoms. The minimum absolute atomic E-state index is 0.174. The summed E-state index contributed by atoms with van der Waals surface area (Å²) >= 11 is 0. The van der Waals surface area contributed by atoms with E-state index in [1.165, 1.54) is 33.0 Å². The number of ether oxygens (including phenoxy) is 2. The van der Waals surface area contributed by atoms with Crippen molar-refractivity contribution in [2.75, 3.05) is 19.8 Å². The van der Waals surface area contributed by atoms with Gasteiger partial charge in [0.05, 0.1) is 0 Å². The molecule has 8 nitrogen and oxygen atoms in total. The van der Waals surface area contributed by atoms with Gasteiger partial charge in [-0.2, -0.15) is 0 Å². The number of hydrogen-bond donors (Lipinski definition) is 3. The molecular weight excluding hydrogens is 546 g/mol. The van der Waals surface area contributed by atoms with Crippen LogP contribution in [0.3, 0.4) is 0 Å². The first-order valence-corrected chi connectivity index (χ1v) is 15.2. The molecule has 1 amide bonds. The Labute approximate surface area is 254 Å². The maximum Gasteiger partial charge on any atom is 0.336 e. The van der Waals surface area contributed by atoms with Crippen LogP contribution in [0, 0.1) is 13.8 Å². The number of carboxylic acid groups (broad SMARTS) is 2. The Balaban J connectivity index is 1.41. The summed E-state index contributed by atoms with van der Waals surface area (Å²) in [5.41, 5.74) is 5.14. The van der Waals surface area contributed by atoms with Crippen molar-refractivity contribution in [3.8, 4) is 0 Å². The van der Waals surface area contributed by atoms with Gasteiger partial charge in [0.2, 0.25) is 0 Å². The smallest absolute Gasteiger partial charge is 0.336 e. The highest BCUT2D eigenvalue weighted by Gasteiger charge is 2.36. The van der Waals surface area contributed by atoms with Crippen molar-refractivity contribution in [2.45, 2.75) is 83.8 Å². The van der Waals surface area contributed by atoms with Crippen molar-refractivity contribution in [2.24, 2.45) is 0 Å². The lowest BCUT2D eigenvalue weighted by molar-refractivity contribution is -0.172. The third kappa shape index (κ3) is 11.8. The normalized spacial score (nSPS) is 12.6. The van der Waals surface area contributed by atoms with Crippen molar-refractivity contribution >= 4 is 28.6 Å². The Morgan fingerprint density at radius 2 is 1.35 bits per heavy atom. The Hall–Kier alpha value is -3.75. The molecule has 0 saturated carbocycles. The summed E-state index contributed by atoms with van der Waals surface area (Å²) in [4.78, 5) is 35.8. The number of benzene rings is 3. The number of hydrogen-bond acceptors (Lipinski definition) is 5. The second kappa shape index (κ2) is 18.0. The number of aliphatic carboxylic acids is 2. The SMILES string of the molecule is Cc1ccc(CCCCCCOC(C(=O)NCCCCCc2ccc3ccccc3c2)C(OCC(=O)O)C(=O)O)cc1C. The molecule has 0 saturated heterocycles. The van der Waals surface area contributed by atoms with E-state index >= 15 is 0 Å². The van der Waals surface area contributed by atoms with E-state index in [-0.39, 0.29) is 6.61 Å². The number of carbonyl (C=O) groups excluding carboxylic acids is 1. The first kappa shape index (κ1) is 33.7. The molecule has 0 aliphatic carbocycles. The molecule has 3 aromatic carbocycles. The standard InChI is InChI=1S/C35H45NO7/c1-25-16-17-27(22-26(25)2)12-6-3-4-11-21-42-32(33(35(40)41)43-24-31(37)38)34(39)36-20-10-5-7-13-28-18-19-29-14-8-9-15-30(29)23-28/h8-9,14-19,22-23,32-33H,3-7,10-13,20-21,24H2,1-2H3,(H,36,39)(H,37,38)(H,40,41).